The fourth-order valence-electron chi connectivity index (χ4n) is 2.36. The number of hydrogen-bond acceptors (Lipinski definition) is 6. The Morgan fingerprint density at radius 3 is 2.88 bits per heavy atom. The molecule has 0 bridgehead atoms. The lowest BCUT2D eigenvalue weighted by molar-refractivity contribution is 0.0927. The maximum absolute atomic E-state index is 12.4. The second-order valence-electron chi connectivity index (χ2n) is 5.67. The van der Waals surface area contributed by atoms with Gasteiger partial charge >= 0.3 is 0 Å². The number of ether oxygens (including phenoxy) is 1. The SMILES string of the molecule is COCCc1noc([C@H](C)NC(=O)c2cc(=O)n(-c3ccccc3)[nH]2)n1. The molecule has 0 spiro atoms. The summed E-state index contributed by atoms with van der Waals surface area (Å²) in [5.41, 5.74) is 0.461. The van der Waals surface area contributed by atoms with E-state index in [1.54, 1.807) is 38.3 Å². The fourth-order valence-corrected chi connectivity index (χ4v) is 2.36. The van der Waals surface area contributed by atoms with Crippen LogP contribution in [0.5, 0.6) is 0 Å². The van der Waals surface area contributed by atoms with Crippen LogP contribution >= 0.6 is 0 Å². The first-order valence-electron chi connectivity index (χ1n) is 8.08. The largest absolute Gasteiger partial charge is 0.384 e. The number of para-hydroxylation sites is 1. The minimum atomic E-state index is -0.505. The third-order valence-electron chi connectivity index (χ3n) is 3.71. The molecule has 2 aromatic heterocycles. The van der Waals surface area contributed by atoms with E-state index < -0.39 is 11.9 Å². The number of rotatable bonds is 7. The van der Waals surface area contributed by atoms with Gasteiger partial charge in [-0.1, -0.05) is 23.4 Å². The van der Waals surface area contributed by atoms with Gasteiger partial charge in [0.05, 0.1) is 12.3 Å². The first-order chi connectivity index (χ1) is 12.6. The van der Waals surface area contributed by atoms with Crippen LogP contribution in [-0.4, -0.2) is 39.5 Å². The van der Waals surface area contributed by atoms with E-state index in [2.05, 4.69) is 20.6 Å². The van der Waals surface area contributed by atoms with Crippen molar-refractivity contribution < 1.29 is 14.1 Å². The molecule has 26 heavy (non-hydrogen) atoms. The number of aromatic amines is 1. The van der Waals surface area contributed by atoms with Crippen LogP contribution in [0.25, 0.3) is 5.69 Å². The first kappa shape index (κ1) is 17.6. The predicted octanol–water partition coefficient (Wildman–Crippen LogP) is 1.23. The van der Waals surface area contributed by atoms with Gasteiger partial charge in [-0.2, -0.15) is 4.98 Å². The molecule has 0 unspecified atom stereocenters. The maximum Gasteiger partial charge on any atom is 0.271 e. The quantitative estimate of drug-likeness (QED) is 0.657. The summed E-state index contributed by atoms with van der Waals surface area (Å²) < 4.78 is 11.4. The molecule has 0 aliphatic rings. The van der Waals surface area contributed by atoms with Crippen LogP contribution < -0.4 is 10.9 Å². The van der Waals surface area contributed by atoms with Gasteiger partial charge in [-0.15, -0.1) is 0 Å². The summed E-state index contributed by atoms with van der Waals surface area (Å²) in [4.78, 5) is 28.7. The summed E-state index contributed by atoms with van der Waals surface area (Å²) in [7, 11) is 1.59. The smallest absolute Gasteiger partial charge is 0.271 e. The van der Waals surface area contributed by atoms with E-state index in [0.29, 0.717) is 24.5 Å². The lowest BCUT2D eigenvalue weighted by Crippen LogP contribution is -2.27. The number of amides is 1. The second kappa shape index (κ2) is 7.79. The average Bonchev–Trinajstić information content (AvgIpc) is 3.27. The van der Waals surface area contributed by atoms with Crippen molar-refractivity contribution in [2.75, 3.05) is 13.7 Å². The van der Waals surface area contributed by atoms with E-state index in [4.69, 9.17) is 9.26 Å². The van der Waals surface area contributed by atoms with Crippen molar-refractivity contribution in [3.63, 3.8) is 0 Å². The van der Waals surface area contributed by atoms with Crippen molar-refractivity contribution >= 4 is 5.91 Å². The van der Waals surface area contributed by atoms with Gasteiger partial charge in [-0.3, -0.25) is 14.7 Å². The number of nitrogens with one attached hydrogen (secondary N) is 2. The van der Waals surface area contributed by atoms with Crippen molar-refractivity contribution in [1.29, 1.82) is 0 Å². The highest BCUT2D eigenvalue weighted by atomic mass is 16.5. The zero-order valence-corrected chi connectivity index (χ0v) is 14.4. The Hall–Kier alpha value is -3.20. The van der Waals surface area contributed by atoms with Crippen LogP contribution in [0.1, 0.15) is 35.2 Å². The zero-order chi connectivity index (χ0) is 18.5. The van der Waals surface area contributed by atoms with Gasteiger partial charge in [-0.25, -0.2) is 4.68 Å². The molecule has 0 radical (unpaired) electrons. The van der Waals surface area contributed by atoms with E-state index in [-0.39, 0.29) is 17.1 Å². The van der Waals surface area contributed by atoms with Gasteiger partial charge in [0, 0.05) is 19.6 Å². The Morgan fingerprint density at radius 1 is 1.38 bits per heavy atom. The van der Waals surface area contributed by atoms with Crippen LogP contribution in [0.3, 0.4) is 0 Å². The van der Waals surface area contributed by atoms with Crippen LogP contribution in [0.15, 0.2) is 45.7 Å². The lowest BCUT2D eigenvalue weighted by Gasteiger charge is -2.08. The average molecular weight is 357 g/mol. The molecule has 0 aliphatic carbocycles. The summed E-state index contributed by atoms with van der Waals surface area (Å²) in [6, 6.07) is 9.73. The summed E-state index contributed by atoms with van der Waals surface area (Å²) in [6.07, 6.45) is 0.522. The summed E-state index contributed by atoms with van der Waals surface area (Å²) >= 11 is 0. The predicted molar refractivity (Wildman–Crippen MR) is 92.1 cm³/mol. The third kappa shape index (κ3) is 3.89. The normalized spacial score (nSPS) is 12.1. The Labute approximate surface area is 149 Å². The number of hydrogen-bond donors (Lipinski definition) is 2. The molecule has 9 nitrogen and oxygen atoms in total. The highest BCUT2D eigenvalue weighted by Gasteiger charge is 2.19. The molecule has 0 fully saturated rings. The van der Waals surface area contributed by atoms with E-state index in [9.17, 15) is 9.59 Å². The molecule has 2 heterocycles. The standard InChI is InChI=1S/C17H19N5O4/c1-11(17-19-14(21-26-17)8-9-25-2)18-16(24)13-10-15(23)22(20-13)12-6-4-3-5-7-12/h3-7,10-11,20H,8-9H2,1-2H3,(H,18,24)/t11-/m0/s1. The number of methoxy groups -OCH3 is 1. The molecule has 9 heteroatoms. The van der Waals surface area contributed by atoms with E-state index in [0.717, 1.165) is 0 Å². The zero-order valence-electron chi connectivity index (χ0n) is 14.4. The number of benzene rings is 1. The molecule has 1 aromatic carbocycles. The molecule has 3 aromatic rings. The van der Waals surface area contributed by atoms with Gasteiger partial charge < -0.3 is 14.6 Å². The summed E-state index contributed by atoms with van der Waals surface area (Å²) in [5.74, 6) is 0.349. The highest BCUT2D eigenvalue weighted by molar-refractivity contribution is 5.92. The fraction of sp³-hybridized carbons (Fsp3) is 0.294. The molecule has 1 atom stereocenters. The Balaban J connectivity index is 1.70. The monoisotopic (exact) mass is 357 g/mol. The molecule has 0 saturated heterocycles. The minimum Gasteiger partial charge on any atom is -0.384 e. The Bertz CT molecular complexity index is 928. The van der Waals surface area contributed by atoms with Crippen molar-refractivity contribution in [2.24, 2.45) is 0 Å². The third-order valence-corrected chi connectivity index (χ3v) is 3.71. The first-order valence-corrected chi connectivity index (χ1v) is 8.08. The van der Waals surface area contributed by atoms with Crippen LogP contribution in [0.4, 0.5) is 0 Å². The number of carbonyl (C=O) groups excluding carboxylic acids is 1. The topological polar surface area (TPSA) is 115 Å². The van der Waals surface area contributed by atoms with Gasteiger partial charge in [0.25, 0.3) is 11.5 Å². The van der Waals surface area contributed by atoms with Crippen molar-refractivity contribution in [3.05, 3.63) is 64.2 Å². The van der Waals surface area contributed by atoms with Crippen LogP contribution in [-0.2, 0) is 11.2 Å². The molecule has 0 saturated carbocycles. The van der Waals surface area contributed by atoms with Gasteiger partial charge in [0.15, 0.2) is 5.82 Å². The highest BCUT2D eigenvalue weighted by Crippen LogP contribution is 2.11. The molecule has 2 N–H and O–H groups in total. The minimum absolute atomic E-state index is 0.143. The molecule has 1 amide bonds. The van der Waals surface area contributed by atoms with Crippen molar-refractivity contribution in [2.45, 2.75) is 19.4 Å². The van der Waals surface area contributed by atoms with Gasteiger partial charge in [0.2, 0.25) is 5.89 Å². The molecular formula is C17H19N5O4. The Kier molecular flexibility index (Phi) is 5.28. The van der Waals surface area contributed by atoms with Gasteiger partial charge in [0.1, 0.15) is 11.7 Å². The second-order valence-corrected chi connectivity index (χ2v) is 5.67. The van der Waals surface area contributed by atoms with E-state index in [1.807, 2.05) is 6.07 Å². The van der Waals surface area contributed by atoms with Crippen LogP contribution in [0, 0.1) is 0 Å². The van der Waals surface area contributed by atoms with Crippen molar-refractivity contribution in [1.82, 2.24) is 25.2 Å². The summed E-state index contributed by atoms with van der Waals surface area (Å²) in [6.45, 7) is 2.20. The number of aromatic nitrogens is 4. The maximum atomic E-state index is 12.4. The molecule has 3 rings (SSSR count). The summed E-state index contributed by atoms with van der Waals surface area (Å²) in [5, 5.41) is 9.35. The number of carbonyl (C=O) groups is 1. The van der Waals surface area contributed by atoms with E-state index >= 15 is 0 Å². The molecular weight excluding hydrogens is 338 g/mol. The number of nitrogens with zero attached hydrogens (tertiary/aromatic N) is 3. The molecule has 136 valence electrons. The number of H-pyrrole nitrogens is 1. The Morgan fingerprint density at radius 2 is 2.15 bits per heavy atom. The van der Waals surface area contributed by atoms with Crippen molar-refractivity contribution in [3.8, 4) is 5.69 Å². The van der Waals surface area contributed by atoms with E-state index in [1.165, 1.54) is 10.7 Å². The lowest BCUT2D eigenvalue weighted by atomic mass is 10.3. The van der Waals surface area contributed by atoms with Crippen LogP contribution in [0.2, 0.25) is 0 Å². The van der Waals surface area contributed by atoms with Gasteiger partial charge in [-0.05, 0) is 19.1 Å². The molecule has 0 aliphatic heterocycles.